The summed E-state index contributed by atoms with van der Waals surface area (Å²) in [6.45, 7) is 1.11. The van der Waals surface area contributed by atoms with Crippen LogP contribution in [0.15, 0.2) is 79.0 Å². The van der Waals surface area contributed by atoms with Gasteiger partial charge in [-0.05, 0) is 66.6 Å². The van der Waals surface area contributed by atoms with Crippen LogP contribution in [0, 0.1) is 0 Å². The SMILES string of the molecule is Cl.NCCc1c[nH]c2ccc(OCc3cccc(Oc4ccccc4)c3)cc12. The first kappa shape index (κ1) is 19.8. The van der Waals surface area contributed by atoms with Gasteiger partial charge in [0.2, 0.25) is 0 Å². The van der Waals surface area contributed by atoms with Gasteiger partial charge < -0.3 is 20.2 Å². The van der Waals surface area contributed by atoms with Crippen LogP contribution in [0.2, 0.25) is 0 Å². The number of hydrogen-bond donors (Lipinski definition) is 2. The fraction of sp³-hybridized carbons (Fsp3) is 0.130. The minimum atomic E-state index is 0. The van der Waals surface area contributed by atoms with Crippen molar-refractivity contribution in [1.82, 2.24) is 4.98 Å². The van der Waals surface area contributed by atoms with E-state index >= 15 is 0 Å². The first-order valence-electron chi connectivity index (χ1n) is 9.06. The van der Waals surface area contributed by atoms with Crippen molar-refractivity contribution in [3.05, 3.63) is 90.1 Å². The highest BCUT2D eigenvalue weighted by molar-refractivity contribution is 5.85. The van der Waals surface area contributed by atoms with Gasteiger partial charge >= 0.3 is 0 Å². The van der Waals surface area contributed by atoms with Gasteiger partial charge in [-0.25, -0.2) is 0 Å². The van der Waals surface area contributed by atoms with Gasteiger partial charge in [0.1, 0.15) is 23.9 Å². The number of hydrogen-bond acceptors (Lipinski definition) is 3. The van der Waals surface area contributed by atoms with E-state index in [0.29, 0.717) is 13.2 Å². The van der Waals surface area contributed by atoms with Crippen LogP contribution >= 0.6 is 12.4 Å². The molecule has 0 spiro atoms. The summed E-state index contributed by atoms with van der Waals surface area (Å²) in [7, 11) is 0. The zero-order chi connectivity index (χ0) is 18.5. The molecule has 0 unspecified atom stereocenters. The average molecular weight is 395 g/mol. The molecule has 0 atom stereocenters. The number of fused-ring (bicyclic) bond motifs is 1. The number of ether oxygens (including phenoxy) is 2. The summed E-state index contributed by atoms with van der Waals surface area (Å²) in [5.74, 6) is 2.46. The maximum Gasteiger partial charge on any atom is 0.127 e. The third-order valence-corrected chi connectivity index (χ3v) is 4.44. The normalized spacial score (nSPS) is 10.5. The van der Waals surface area contributed by atoms with Gasteiger partial charge in [0.05, 0.1) is 0 Å². The number of nitrogens with two attached hydrogens (primary N) is 1. The molecule has 0 fully saturated rings. The van der Waals surface area contributed by atoms with Gasteiger partial charge in [0, 0.05) is 17.1 Å². The van der Waals surface area contributed by atoms with Crippen LogP contribution in [-0.2, 0) is 13.0 Å². The number of nitrogens with one attached hydrogen (secondary N) is 1. The van der Waals surface area contributed by atoms with Crippen molar-refractivity contribution in [2.24, 2.45) is 5.73 Å². The van der Waals surface area contributed by atoms with E-state index in [1.807, 2.05) is 72.9 Å². The van der Waals surface area contributed by atoms with Crippen LogP contribution in [-0.4, -0.2) is 11.5 Å². The molecule has 1 aromatic heterocycles. The fourth-order valence-electron chi connectivity index (χ4n) is 3.10. The van der Waals surface area contributed by atoms with Crippen LogP contribution in [0.3, 0.4) is 0 Å². The van der Waals surface area contributed by atoms with E-state index in [1.165, 1.54) is 10.9 Å². The number of benzene rings is 3. The second-order valence-corrected chi connectivity index (χ2v) is 6.41. The number of para-hydroxylation sites is 1. The molecule has 1 heterocycles. The highest BCUT2D eigenvalue weighted by Crippen LogP contribution is 2.26. The number of aromatic nitrogens is 1. The van der Waals surface area contributed by atoms with Crippen LogP contribution in [0.1, 0.15) is 11.1 Å². The molecule has 0 saturated carbocycles. The minimum Gasteiger partial charge on any atom is -0.489 e. The second-order valence-electron chi connectivity index (χ2n) is 6.41. The zero-order valence-electron chi connectivity index (χ0n) is 15.4. The quantitative estimate of drug-likeness (QED) is 0.437. The second kappa shape index (κ2) is 9.31. The van der Waals surface area contributed by atoms with Crippen molar-refractivity contribution >= 4 is 23.3 Å². The molecule has 5 heteroatoms. The van der Waals surface area contributed by atoms with Gasteiger partial charge in [-0.15, -0.1) is 12.4 Å². The molecule has 0 aliphatic rings. The van der Waals surface area contributed by atoms with Crippen LogP contribution in [0.25, 0.3) is 10.9 Å². The van der Waals surface area contributed by atoms with Gasteiger partial charge in [-0.1, -0.05) is 30.3 Å². The van der Waals surface area contributed by atoms with Gasteiger partial charge in [0.25, 0.3) is 0 Å². The molecule has 0 aliphatic carbocycles. The molecule has 3 N–H and O–H groups in total. The lowest BCUT2D eigenvalue weighted by Gasteiger charge is -2.10. The summed E-state index contributed by atoms with van der Waals surface area (Å²) in [4.78, 5) is 3.28. The molecular weight excluding hydrogens is 372 g/mol. The molecule has 4 nitrogen and oxygen atoms in total. The van der Waals surface area contributed by atoms with E-state index in [9.17, 15) is 0 Å². The summed E-state index contributed by atoms with van der Waals surface area (Å²) >= 11 is 0. The third kappa shape index (κ3) is 4.66. The Morgan fingerprint density at radius 2 is 1.64 bits per heavy atom. The Kier molecular flexibility index (Phi) is 6.58. The van der Waals surface area contributed by atoms with Crippen molar-refractivity contribution in [3.63, 3.8) is 0 Å². The molecule has 144 valence electrons. The fourth-order valence-corrected chi connectivity index (χ4v) is 3.10. The van der Waals surface area contributed by atoms with Crippen molar-refractivity contribution in [1.29, 1.82) is 0 Å². The largest absolute Gasteiger partial charge is 0.489 e. The highest BCUT2D eigenvalue weighted by Gasteiger charge is 2.06. The Hall–Kier alpha value is -2.95. The number of halogens is 1. The third-order valence-electron chi connectivity index (χ3n) is 4.44. The molecule has 0 radical (unpaired) electrons. The van der Waals surface area contributed by atoms with E-state index < -0.39 is 0 Å². The molecule has 3 aromatic carbocycles. The smallest absolute Gasteiger partial charge is 0.127 e. The Balaban J connectivity index is 0.00000225. The molecule has 4 rings (SSSR count). The van der Waals surface area contributed by atoms with Crippen LogP contribution < -0.4 is 15.2 Å². The number of aromatic amines is 1. The van der Waals surface area contributed by atoms with E-state index in [-0.39, 0.29) is 12.4 Å². The molecule has 0 aliphatic heterocycles. The predicted octanol–water partition coefficient (Wildman–Crippen LogP) is 5.46. The maximum absolute atomic E-state index is 6.01. The zero-order valence-corrected chi connectivity index (χ0v) is 16.2. The van der Waals surface area contributed by atoms with Crippen molar-refractivity contribution in [2.75, 3.05) is 6.54 Å². The van der Waals surface area contributed by atoms with Gasteiger partial charge in [-0.3, -0.25) is 0 Å². The highest BCUT2D eigenvalue weighted by atomic mass is 35.5. The van der Waals surface area contributed by atoms with Crippen molar-refractivity contribution in [3.8, 4) is 17.2 Å². The number of rotatable bonds is 7. The summed E-state index contributed by atoms with van der Waals surface area (Å²) in [6.07, 6.45) is 2.87. The Labute approximate surface area is 170 Å². The molecule has 0 saturated heterocycles. The van der Waals surface area contributed by atoms with E-state index in [2.05, 4.69) is 11.1 Å². The van der Waals surface area contributed by atoms with Crippen LogP contribution in [0.5, 0.6) is 17.2 Å². The van der Waals surface area contributed by atoms with E-state index in [1.54, 1.807) is 0 Å². The van der Waals surface area contributed by atoms with E-state index in [4.69, 9.17) is 15.2 Å². The average Bonchev–Trinajstić information content (AvgIpc) is 3.10. The van der Waals surface area contributed by atoms with Crippen LogP contribution in [0.4, 0.5) is 0 Å². The summed E-state index contributed by atoms with van der Waals surface area (Å²) in [5, 5.41) is 1.17. The molecule has 0 amide bonds. The van der Waals surface area contributed by atoms with Crippen molar-refractivity contribution < 1.29 is 9.47 Å². The first-order chi connectivity index (χ1) is 13.3. The Bertz CT molecular complexity index is 1030. The summed E-state index contributed by atoms with van der Waals surface area (Å²) in [6, 6.07) is 23.8. The first-order valence-corrected chi connectivity index (χ1v) is 9.06. The lowest BCUT2D eigenvalue weighted by molar-refractivity contribution is 0.306. The summed E-state index contributed by atoms with van der Waals surface area (Å²) in [5.41, 5.74) is 9.07. The lowest BCUT2D eigenvalue weighted by Crippen LogP contribution is -2.01. The van der Waals surface area contributed by atoms with Crippen molar-refractivity contribution in [2.45, 2.75) is 13.0 Å². The Morgan fingerprint density at radius 3 is 2.46 bits per heavy atom. The monoisotopic (exact) mass is 394 g/mol. The number of H-pyrrole nitrogens is 1. The predicted molar refractivity (Wildman–Crippen MR) is 116 cm³/mol. The maximum atomic E-state index is 6.01. The van der Waals surface area contributed by atoms with Gasteiger partial charge in [-0.2, -0.15) is 0 Å². The molecule has 4 aromatic rings. The standard InChI is InChI=1S/C23H22N2O2.ClH/c24-12-11-18-15-25-23-10-9-20(14-22(18)23)26-16-17-5-4-8-21(13-17)27-19-6-2-1-3-7-19;/h1-10,13-15,25H,11-12,16,24H2;1H. The molecule has 0 bridgehead atoms. The lowest BCUT2D eigenvalue weighted by atomic mass is 10.1. The van der Waals surface area contributed by atoms with Gasteiger partial charge in [0.15, 0.2) is 0 Å². The minimum absolute atomic E-state index is 0. The topological polar surface area (TPSA) is 60.3 Å². The molecular formula is C23H23ClN2O2. The Morgan fingerprint density at radius 1 is 0.821 bits per heavy atom. The van der Waals surface area contributed by atoms with E-state index in [0.717, 1.165) is 34.7 Å². The molecule has 28 heavy (non-hydrogen) atoms. The summed E-state index contributed by atoms with van der Waals surface area (Å²) < 4.78 is 11.9.